The predicted octanol–water partition coefficient (Wildman–Crippen LogP) is 1.98. The van der Waals surface area contributed by atoms with Gasteiger partial charge in [0.15, 0.2) is 0 Å². The average Bonchev–Trinajstić information content (AvgIpc) is 3.15. The number of carbonyl (C=O) groups excluding carboxylic acids is 1. The summed E-state index contributed by atoms with van der Waals surface area (Å²) in [5.41, 5.74) is 1.04. The van der Waals surface area contributed by atoms with Crippen LogP contribution >= 0.6 is 21.4 Å². The lowest BCUT2D eigenvalue weighted by molar-refractivity contribution is -0.128. The molecule has 0 aliphatic heterocycles. The van der Waals surface area contributed by atoms with Crippen molar-refractivity contribution in [3.8, 4) is 0 Å². The van der Waals surface area contributed by atoms with Gasteiger partial charge in [-0.2, -0.15) is 8.42 Å². The molecular weight excluding hydrogens is 389 g/mol. The van der Waals surface area contributed by atoms with Crippen molar-refractivity contribution >= 4 is 45.7 Å². The fourth-order valence-electron chi connectivity index (χ4n) is 2.08. The molecule has 1 saturated carbocycles. The van der Waals surface area contributed by atoms with Gasteiger partial charge >= 0.3 is 9.33 Å². The quantitative estimate of drug-likeness (QED) is 0.610. The van der Waals surface area contributed by atoms with E-state index in [0.717, 1.165) is 12.0 Å². The lowest BCUT2D eigenvalue weighted by atomic mass is 10.1. The highest BCUT2D eigenvalue weighted by Gasteiger charge is 2.42. The second-order valence-electron chi connectivity index (χ2n) is 4.96. The van der Waals surface area contributed by atoms with E-state index in [2.05, 4.69) is 10.7 Å². The van der Waals surface area contributed by atoms with Crippen LogP contribution in [0.1, 0.15) is 24.8 Å². The van der Waals surface area contributed by atoms with Gasteiger partial charge < -0.3 is 4.90 Å². The molecule has 0 radical (unpaired) electrons. The average molecular weight is 404 g/mol. The molecule has 0 bridgehead atoms. The summed E-state index contributed by atoms with van der Waals surface area (Å²) in [7, 11) is 3.23. The zero-order valence-electron chi connectivity index (χ0n) is 12.2. The van der Waals surface area contributed by atoms with Gasteiger partial charge in [0, 0.05) is 47.3 Å². The lowest BCUT2D eigenvalue weighted by Crippen LogP contribution is -2.26. The van der Waals surface area contributed by atoms with Gasteiger partial charge in [0.25, 0.3) is 9.05 Å². The standard InChI is InChI=1S/C12H14ClNO3S.ClHO3S/c1-8(15)14(2)12-7-11(12)9-3-5-10(6-4-9)18(13,16)17;1-5(2,3)4/h3-6,11-12H,7H2,1-2H3;(H,2,3,4)/t11-,12+;/m0./s1. The number of hydrogen-bond acceptors (Lipinski definition) is 5. The van der Waals surface area contributed by atoms with Gasteiger partial charge in [-0.05, 0) is 24.1 Å². The number of halogens is 2. The Hall–Kier alpha value is -0.870. The van der Waals surface area contributed by atoms with Gasteiger partial charge in [-0.3, -0.25) is 9.35 Å². The van der Waals surface area contributed by atoms with E-state index in [0.29, 0.717) is 5.92 Å². The number of likely N-dealkylation sites (N-methyl/N-ethyl adjacent to an activating group) is 1. The summed E-state index contributed by atoms with van der Waals surface area (Å²) in [6.07, 6.45) is 0.920. The fourth-order valence-corrected chi connectivity index (χ4v) is 2.85. The lowest BCUT2D eigenvalue weighted by Gasteiger charge is -2.14. The summed E-state index contributed by atoms with van der Waals surface area (Å²) in [5, 5.41) is 0. The number of hydrogen-bond donors (Lipinski definition) is 1. The molecule has 7 nitrogen and oxygen atoms in total. The minimum atomic E-state index is -4.19. The molecule has 11 heteroatoms. The molecule has 1 N–H and O–H groups in total. The van der Waals surface area contributed by atoms with Crippen LogP contribution < -0.4 is 0 Å². The summed E-state index contributed by atoms with van der Waals surface area (Å²) in [6, 6.07) is 6.74. The molecule has 130 valence electrons. The Morgan fingerprint density at radius 2 is 1.61 bits per heavy atom. The van der Waals surface area contributed by atoms with Crippen LogP contribution in [0.3, 0.4) is 0 Å². The van der Waals surface area contributed by atoms with Crippen molar-refractivity contribution in [1.29, 1.82) is 0 Å². The highest BCUT2D eigenvalue weighted by Crippen LogP contribution is 2.44. The first kappa shape index (κ1) is 20.2. The minimum Gasteiger partial charge on any atom is -0.342 e. The van der Waals surface area contributed by atoms with Crippen molar-refractivity contribution in [1.82, 2.24) is 4.90 Å². The first-order valence-corrected chi connectivity index (χ1v) is 10.8. The molecule has 1 aliphatic rings. The third-order valence-electron chi connectivity index (χ3n) is 3.34. The van der Waals surface area contributed by atoms with Crippen LogP contribution in [0.15, 0.2) is 29.2 Å². The van der Waals surface area contributed by atoms with Crippen molar-refractivity contribution in [2.45, 2.75) is 30.2 Å². The Morgan fingerprint density at radius 1 is 1.17 bits per heavy atom. The number of rotatable bonds is 3. The smallest absolute Gasteiger partial charge is 0.342 e. The van der Waals surface area contributed by atoms with E-state index in [9.17, 15) is 13.2 Å². The van der Waals surface area contributed by atoms with Crippen LogP contribution in [-0.2, 0) is 23.2 Å². The number of benzene rings is 1. The molecule has 1 aromatic rings. The van der Waals surface area contributed by atoms with E-state index >= 15 is 0 Å². The van der Waals surface area contributed by atoms with Crippen molar-refractivity contribution in [2.75, 3.05) is 7.05 Å². The summed E-state index contributed by atoms with van der Waals surface area (Å²) in [5.74, 6) is 0.341. The fraction of sp³-hybridized carbons (Fsp3) is 0.417. The minimum absolute atomic E-state index is 0.0439. The number of amides is 1. The maximum Gasteiger partial charge on any atom is 0.353 e. The summed E-state index contributed by atoms with van der Waals surface area (Å²) < 4.78 is 47.4. The largest absolute Gasteiger partial charge is 0.353 e. The zero-order valence-corrected chi connectivity index (χ0v) is 15.3. The Labute approximate surface area is 143 Å². The highest BCUT2D eigenvalue weighted by molar-refractivity contribution is 8.13. The number of carbonyl (C=O) groups is 1. The van der Waals surface area contributed by atoms with Crippen molar-refractivity contribution in [3.63, 3.8) is 0 Å². The Bertz CT molecular complexity index is 768. The molecule has 0 spiro atoms. The van der Waals surface area contributed by atoms with Crippen LogP contribution in [0, 0.1) is 0 Å². The predicted molar refractivity (Wildman–Crippen MR) is 86.5 cm³/mol. The first-order chi connectivity index (χ1) is 10.3. The van der Waals surface area contributed by atoms with Crippen LogP contribution in [0.4, 0.5) is 0 Å². The summed E-state index contributed by atoms with van der Waals surface area (Å²) in [4.78, 5) is 13.0. The maximum atomic E-state index is 11.2. The van der Waals surface area contributed by atoms with E-state index in [1.54, 1.807) is 31.0 Å². The molecule has 0 saturated heterocycles. The van der Waals surface area contributed by atoms with Gasteiger partial charge in [-0.1, -0.05) is 12.1 Å². The van der Waals surface area contributed by atoms with E-state index in [1.807, 2.05) is 0 Å². The molecular formula is C12H15Cl2NO6S2. The summed E-state index contributed by atoms with van der Waals surface area (Å²) in [6.45, 7) is 1.54. The van der Waals surface area contributed by atoms with Gasteiger partial charge in [0.1, 0.15) is 0 Å². The van der Waals surface area contributed by atoms with Crippen LogP contribution in [0.5, 0.6) is 0 Å². The maximum absolute atomic E-state index is 11.2. The second kappa shape index (κ2) is 7.35. The molecule has 0 unspecified atom stereocenters. The molecule has 2 atom stereocenters. The summed E-state index contributed by atoms with van der Waals surface area (Å²) >= 11 is 0. The van der Waals surface area contributed by atoms with Gasteiger partial charge in [0.05, 0.1) is 4.90 Å². The van der Waals surface area contributed by atoms with Crippen LogP contribution in [0.2, 0.25) is 0 Å². The van der Waals surface area contributed by atoms with E-state index < -0.39 is 18.4 Å². The normalized spacial score (nSPS) is 20.2. The molecule has 1 aliphatic carbocycles. The molecule has 23 heavy (non-hydrogen) atoms. The number of nitrogens with zero attached hydrogens (tertiary/aromatic N) is 1. The molecule has 0 heterocycles. The first-order valence-electron chi connectivity index (χ1n) is 6.25. The van der Waals surface area contributed by atoms with Gasteiger partial charge in [-0.25, -0.2) is 8.42 Å². The molecule has 2 rings (SSSR count). The monoisotopic (exact) mass is 403 g/mol. The van der Waals surface area contributed by atoms with E-state index in [-0.39, 0.29) is 16.8 Å². The van der Waals surface area contributed by atoms with Crippen LogP contribution in [0.25, 0.3) is 0 Å². The van der Waals surface area contributed by atoms with Crippen molar-refractivity contribution in [3.05, 3.63) is 29.8 Å². The van der Waals surface area contributed by atoms with Gasteiger partial charge in [0.2, 0.25) is 5.91 Å². The third kappa shape index (κ3) is 7.05. The van der Waals surface area contributed by atoms with Crippen molar-refractivity contribution < 1.29 is 26.2 Å². The Kier molecular flexibility index (Phi) is 6.45. The second-order valence-corrected chi connectivity index (χ2v) is 9.52. The molecule has 1 amide bonds. The zero-order chi connectivity index (χ0) is 18.0. The van der Waals surface area contributed by atoms with E-state index in [4.69, 9.17) is 23.7 Å². The third-order valence-corrected chi connectivity index (χ3v) is 4.71. The van der Waals surface area contributed by atoms with Crippen molar-refractivity contribution in [2.24, 2.45) is 0 Å². The Morgan fingerprint density at radius 3 is 1.96 bits per heavy atom. The SMILES string of the molecule is CC(=O)N(C)[C@@H]1C[C@H]1c1ccc(S(=O)(=O)Cl)cc1.O=S(=O)(O)Cl. The molecule has 1 fully saturated rings. The topological polar surface area (TPSA) is 109 Å². The van der Waals surface area contributed by atoms with E-state index in [1.165, 1.54) is 12.1 Å². The molecule has 1 aromatic carbocycles. The molecule has 0 aromatic heterocycles. The highest BCUT2D eigenvalue weighted by atomic mass is 35.7. The Balaban J connectivity index is 0.000000463. The van der Waals surface area contributed by atoms with Crippen LogP contribution in [-0.4, -0.2) is 45.3 Å². The van der Waals surface area contributed by atoms with Gasteiger partial charge in [-0.15, -0.1) is 0 Å².